The number of benzene rings is 2. The number of thiazole rings is 1. The van der Waals surface area contributed by atoms with Crippen LogP contribution in [0.1, 0.15) is 28.4 Å². The summed E-state index contributed by atoms with van der Waals surface area (Å²) in [5, 5.41) is 0. The molecule has 0 saturated heterocycles. The van der Waals surface area contributed by atoms with Crippen LogP contribution in [0.2, 0.25) is 0 Å². The maximum atomic E-state index is 13.2. The molecule has 194 valence electrons. The molecule has 0 aliphatic rings. The van der Waals surface area contributed by atoms with E-state index in [4.69, 9.17) is 4.74 Å². The number of rotatable bonds is 5. The number of ether oxygens (including phenoxy) is 1. The minimum absolute atomic E-state index is 0.00947. The Morgan fingerprint density at radius 3 is 2.08 bits per heavy atom. The second-order valence-electron chi connectivity index (χ2n) is 7.39. The van der Waals surface area contributed by atoms with E-state index in [9.17, 15) is 44.3 Å². The predicted octanol–water partition coefficient (Wildman–Crippen LogP) is 4.45. The fourth-order valence-electron chi connectivity index (χ4n) is 3.09. The molecule has 1 amide bonds. The number of sulfone groups is 1. The van der Waals surface area contributed by atoms with E-state index in [-0.39, 0.29) is 44.7 Å². The molecule has 0 bridgehead atoms. The fraction of sp³-hybridized carbons (Fsp3) is 0.286. The zero-order valence-electron chi connectivity index (χ0n) is 18.4. The summed E-state index contributed by atoms with van der Waals surface area (Å²) in [4.78, 5) is 28.1. The highest BCUT2D eigenvalue weighted by Gasteiger charge is 2.37. The summed E-state index contributed by atoms with van der Waals surface area (Å²) < 4.78 is 109. The molecule has 1 aromatic heterocycles. The topological polar surface area (TPSA) is 94.8 Å². The van der Waals surface area contributed by atoms with E-state index < -0.39 is 57.3 Å². The SMILES string of the molecule is CCOC(=O)Cn1c(=NC(=O)c2cc(C(F)(F)F)cc(C(F)(F)F)c2)sc2cc(S(C)(=O)=O)ccc21. The molecule has 0 saturated carbocycles. The third-order valence-electron chi connectivity index (χ3n) is 4.71. The van der Waals surface area contributed by atoms with Crippen LogP contribution >= 0.6 is 11.3 Å². The van der Waals surface area contributed by atoms with Gasteiger partial charge in [-0.2, -0.15) is 31.3 Å². The summed E-state index contributed by atoms with van der Waals surface area (Å²) in [6, 6.07) is 4.17. The highest BCUT2D eigenvalue weighted by atomic mass is 32.2. The Bertz CT molecular complexity index is 1490. The number of fused-ring (bicyclic) bond motifs is 1. The average Bonchev–Trinajstić information content (AvgIpc) is 3.07. The third kappa shape index (κ3) is 6.13. The molecule has 0 aliphatic heterocycles. The van der Waals surface area contributed by atoms with E-state index in [0.717, 1.165) is 10.8 Å². The van der Waals surface area contributed by atoms with E-state index in [0.29, 0.717) is 11.3 Å². The number of carbonyl (C=O) groups excluding carboxylic acids is 2. The molecule has 15 heteroatoms. The summed E-state index contributed by atoms with van der Waals surface area (Å²) in [5.74, 6) is -2.20. The van der Waals surface area contributed by atoms with Gasteiger partial charge in [-0.3, -0.25) is 9.59 Å². The second kappa shape index (κ2) is 9.69. The van der Waals surface area contributed by atoms with E-state index in [1.807, 2.05) is 0 Å². The van der Waals surface area contributed by atoms with Crippen molar-refractivity contribution in [2.24, 2.45) is 4.99 Å². The zero-order valence-corrected chi connectivity index (χ0v) is 20.0. The second-order valence-corrected chi connectivity index (χ2v) is 10.4. The van der Waals surface area contributed by atoms with Gasteiger partial charge in [-0.05, 0) is 43.3 Å². The molecule has 0 fully saturated rings. The lowest BCUT2D eigenvalue weighted by molar-refractivity contribution is -0.144. The minimum Gasteiger partial charge on any atom is -0.465 e. The molecule has 36 heavy (non-hydrogen) atoms. The molecule has 3 aromatic rings. The quantitative estimate of drug-likeness (QED) is 0.343. The first kappa shape index (κ1) is 27.4. The maximum Gasteiger partial charge on any atom is 0.416 e. The predicted molar refractivity (Wildman–Crippen MR) is 116 cm³/mol. The Kier molecular flexibility index (Phi) is 7.37. The smallest absolute Gasteiger partial charge is 0.416 e. The first-order valence-electron chi connectivity index (χ1n) is 9.88. The van der Waals surface area contributed by atoms with Crippen molar-refractivity contribution < 1.29 is 49.1 Å². The van der Waals surface area contributed by atoms with Crippen molar-refractivity contribution in [3.05, 3.63) is 57.9 Å². The Hall–Kier alpha value is -3.20. The first-order chi connectivity index (χ1) is 16.5. The van der Waals surface area contributed by atoms with Crippen molar-refractivity contribution in [2.45, 2.75) is 30.7 Å². The molecular formula is C21H16F6N2O5S2. The number of hydrogen-bond acceptors (Lipinski definition) is 6. The molecule has 2 aromatic carbocycles. The largest absolute Gasteiger partial charge is 0.465 e. The number of nitrogens with zero attached hydrogens (tertiary/aromatic N) is 2. The molecule has 0 atom stereocenters. The summed E-state index contributed by atoms with van der Waals surface area (Å²) in [6.45, 7) is 1.04. The van der Waals surface area contributed by atoms with Crippen LogP contribution in [0, 0.1) is 0 Å². The third-order valence-corrected chi connectivity index (χ3v) is 6.86. The van der Waals surface area contributed by atoms with Crippen LogP contribution < -0.4 is 4.80 Å². The van der Waals surface area contributed by atoms with Gasteiger partial charge in [0.05, 0.1) is 32.8 Å². The normalized spacial score (nSPS) is 13.3. The fourth-order valence-corrected chi connectivity index (χ4v) is 4.88. The van der Waals surface area contributed by atoms with Gasteiger partial charge in [0.2, 0.25) is 0 Å². The summed E-state index contributed by atoms with van der Waals surface area (Å²) in [5.41, 5.74) is -4.12. The van der Waals surface area contributed by atoms with Gasteiger partial charge in [0, 0.05) is 11.8 Å². The molecule has 3 rings (SSSR count). The Balaban J connectivity index is 2.23. The molecule has 0 unspecified atom stereocenters. The van der Waals surface area contributed by atoms with Crippen LogP contribution in [0.5, 0.6) is 0 Å². The minimum atomic E-state index is -5.17. The lowest BCUT2D eigenvalue weighted by atomic mass is 10.0. The van der Waals surface area contributed by atoms with Crippen molar-refractivity contribution >= 4 is 43.3 Å². The van der Waals surface area contributed by atoms with Gasteiger partial charge >= 0.3 is 18.3 Å². The van der Waals surface area contributed by atoms with Gasteiger partial charge in [-0.25, -0.2) is 8.42 Å². The standard InChI is InChI=1S/C21H16F6N2O5S2/c1-3-34-17(30)10-29-15-5-4-14(36(2,32)33)9-16(15)35-19(29)28-18(31)11-6-12(20(22,23)24)8-13(7-11)21(25,26)27/h4-9H,3,10H2,1-2H3. The van der Waals surface area contributed by atoms with E-state index in [2.05, 4.69) is 4.99 Å². The van der Waals surface area contributed by atoms with Gasteiger partial charge in [-0.15, -0.1) is 0 Å². The molecule has 0 aliphatic carbocycles. The number of alkyl halides is 6. The van der Waals surface area contributed by atoms with Crippen molar-refractivity contribution in [3.8, 4) is 0 Å². The van der Waals surface area contributed by atoms with Gasteiger partial charge in [0.15, 0.2) is 14.6 Å². The van der Waals surface area contributed by atoms with Gasteiger partial charge in [-0.1, -0.05) is 11.3 Å². The number of carbonyl (C=O) groups is 2. The van der Waals surface area contributed by atoms with Crippen molar-refractivity contribution in [1.29, 1.82) is 0 Å². The number of amides is 1. The van der Waals surface area contributed by atoms with Crippen LogP contribution in [0.25, 0.3) is 10.2 Å². The Labute approximate surface area is 203 Å². The number of halogens is 6. The number of hydrogen-bond donors (Lipinski definition) is 0. The van der Waals surface area contributed by atoms with Crippen LogP contribution in [0.15, 0.2) is 46.3 Å². The summed E-state index contributed by atoms with van der Waals surface area (Å²) >= 11 is 0.716. The zero-order chi connectivity index (χ0) is 27.1. The maximum absolute atomic E-state index is 13.2. The Morgan fingerprint density at radius 2 is 1.58 bits per heavy atom. The lowest BCUT2D eigenvalue weighted by Crippen LogP contribution is -2.23. The summed E-state index contributed by atoms with van der Waals surface area (Å²) in [7, 11) is -3.64. The van der Waals surface area contributed by atoms with E-state index >= 15 is 0 Å². The molecule has 1 heterocycles. The molecular weight excluding hydrogens is 538 g/mol. The highest BCUT2D eigenvalue weighted by molar-refractivity contribution is 7.90. The average molecular weight is 554 g/mol. The highest BCUT2D eigenvalue weighted by Crippen LogP contribution is 2.36. The van der Waals surface area contributed by atoms with Gasteiger partial charge in [0.1, 0.15) is 6.54 Å². The first-order valence-corrected chi connectivity index (χ1v) is 12.6. The van der Waals surface area contributed by atoms with E-state index in [1.54, 1.807) is 0 Å². The van der Waals surface area contributed by atoms with Crippen LogP contribution in [0.3, 0.4) is 0 Å². The molecule has 0 N–H and O–H groups in total. The van der Waals surface area contributed by atoms with Crippen LogP contribution in [-0.2, 0) is 38.3 Å². The van der Waals surface area contributed by atoms with Gasteiger partial charge in [0.25, 0.3) is 5.91 Å². The Morgan fingerprint density at radius 1 is 1.00 bits per heavy atom. The summed E-state index contributed by atoms with van der Waals surface area (Å²) in [6.07, 6.45) is -9.38. The van der Waals surface area contributed by atoms with Crippen molar-refractivity contribution in [1.82, 2.24) is 4.57 Å². The number of esters is 1. The lowest BCUT2D eigenvalue weighted by Gasteiger charge is -2.13. The molecule has 0 spiro atoms. The molecule has 0 radical (unpaired) electrons. The van der Waals surface area contributed by atoms with Gasteiger partial charge < -0.3 is 9.30 Å². The number of aromatic nitrogens is 1. The van der Waals surface area contributed by atoms with E-state index in [1.165, 1.54) is 25.1 Å². The van der Waals surface area contributed by atoms with Crippen LogP contribution in [-0.4, -0.2) is 37.7 Å². The van der Waals surface area contributed by atoms with Crippen molar-refractivity contribution in [2.75, 3.05) is 12.9 Å². The van der Waals surface area contributed by atoms with Crippen molar-refractivity contribution in [3.63, 3.8) is 0 Å². The molecule has 7 nitrogen and oxygen atoms in total. The van der Waals surface area contributed by atoms with Crippen LogP contribution in [0.4, 0.5) is 26.3 Å². The monoisotopic (exact) mass is 554 g/mol.